The van der Waals surface area contributed by atoms with Crippen LogP contribution in [0.2, 0.25) is 5.02 Å². The molecule has 6 nitrogen and oxygen atoms in total. The molecule has 3 amide bonds. The molecular weight excluding hydrogens is 316 g/mol. The molecule has 1 atom stereocenters. The molecule has 124 valence electrons. The summed E-state index contributed by atoms with van der Waals surface area (Å²) in [4.78, 5) is 27.7. The van der Waals surface area contributed by atoms with Crippen molar-refractivity contribution in [3.8, 4) is 0 Å². The molecule has 2 aliphatic rings. The number of hydrogen-bond donors (Lipinski definition) is 2. The van der Waals surface area contributed by atoms with Gasteiger partial charge in [0.05, 0.1) is 0 Å². The first-order valence-electron chi connectivity index (χ1n) is 7.86. The third-order valence-corrected chi connectivity index (χ3v) is 4.87. The van der Waals surface area contributed by atoms with Gasteiger partial charge in [-0.2, -0.15) is 0 Å². The fraction of sp³-hybridized carbons (Fsp3) is 0.500. The van der Waals surface area contributed by atoms with Crippen LogP contribution in [0.15, 0.2) is 24.3 Å². The van der Waals surface area contributed by atoms with Gasteiger partial charge in [0.2, 0.25) is 5.91 Å². The number of nitrogens with zero attached hydrogens (tertiary/aromatic N) is 2. The van der Waals surface area contributed by atoms with Crippen molar-refractivity contribution in [2.75, 3.05) is 31.6 Å². The molecule has 2 aliphatic heterocycles. The van der Waals surface area contributed by atoms with Crippen molar-refractivity contribution >= 4 is 29.2 Å². The number of carbonyl (C=O) groups excluding carboxylic acids is 2. The molecule has 0 saturated carbocycles. The second kappa shape index (κ2) is 6.66. The highest BCUT2D eigenvalue weighted by molar-refractivity contribution is 6.30. The second-order valence-corrected chi connectivity index (χ2v) is 6.49. The minimum Gasteiger partial charge on any atom is -0.371 e. The van der Waals surface area contributed by atoms with Gasteiger partial charge in [-0.1, -0.05) is 11.6 Å². The van der Waals surface area contributed by atoms with E-state index >= 15 is 0 Å². The highest BCUT2D eigenvalue weighted by Crippen LogP contribution is 2.24. The Kier molecular flexibility index (Phi) is 4.61. The number of carbonyl (C=O) groups is 2. The van der Waals surface area contributed by atoms with Crippen molar-refractivity contribution < 1.29 is 9.59 Å². The van der Waals surface area contributed by atoms with Crippen LogP contribution in [0, 0.1) is 0 Å². The van der Waals surface area contributed by atoms with E-state index in [0.29, 0.717) is 6.54 Å². The van der Waals surface area contributed by atoms with E-state index in [4.69, 9.17) is 11.6 Å². The third kappa shape index (κ3) is 3.52. The summed E-state index contributed by atoms with van der Waals surface area (Å²) in [5, 5.41) is 6.01. The Morgan fingerprint density at radius 2 is 1.91 bits per heavy atom. The number of likely N-dealkylation sites (N-methyl/N-ethyl adjacent to an activating group) is 1. The SMILES string of the molecule is CN(C(=O)[C@@H]1CNC(=O)N1)C1CCN(c2ccc(Cl)cc2)CC1. The lowest BCUT2D eigenvalue weighted by Gasteiger charge is -2.38. The maximum atomic E-state index is 12.4. The van der Waals surface area contributed by atoms with Gasteiger partial charge in [-0.15, -0.1) is 0 Å². The van der Waals surface area contributed by atoms with Gasteiger partial charge >= 0.3 is 6.03 Å². The summed E-state index contributed by atoms with van der Waals surface area (Å²) in [6.07, 6.45) is 1.83. The zero-order valence-corrected chi connectivity index (χ0v) is 13.8. The minimum absolute atomic E-state index is 0.0201. The van der Waals surface area contributed by atoms with Crippen LogP contribution in [-0.4, -0.2) is 55.6 Å². The zero-order valence-electron chi connectivity index (χ0n) is 13.1. The molecule has 2 N–H and O–H groups in total. The van der Waals surface area contributed by atoms with Crippen LogP contribution in [0.5, 0.6) is 0 Å². The predicted octanol–water partition coefficient (Wildman–Crippen LogP) is 1.45. The topological polar surface area (TPSA) is 64.7 Å². The molecule has 0 spiro atoms. The highest BCUT2D eigenvalue weighted by atomic mass is 35.5. The molecule has 0 radical (unpaired) electrons. The molecule has 0 unspecified atom stereocenters. The van der Waals surface area contributed by atoms with E-state index in [1.54, 1.807) is 4.90 Å². The summed E-state index contributed by atoms with van der Waals surface area (Å²) in [6.45, 7) is 2.17. The first-order chi connectivity index (χ1) is 11.0. The van der Waals surface area contributed by atoms with Gasteiger partial charge in [0, 0.05) is 43.4 Å². The van der Waals surface area contributed by atoms with E-state index in [-0.39, 0.29) is 18.0 Å². The Balaban J connectivity index is 1.54. The van der Waals surface area contributed by atoms with Crippen molar-refractivity contribution in [2.24, 2.45) is 0 Å². The Hall–Kier alpha value is -1.95. The van der Waals surface area contributed by atoms with Gasteiger partial charge in [0.25, 0.3) is 0 Å². The minimum atomic E-state index is -0.443. The van der Waals surface area contributed by atoms with Gasteiger partial charge in [0.1, 0.15) is 6.04 Å². The fourth-order valence-electron chi connectivity index (χ4n) is 3.19. The summed E-state index contributed by atoms with van der Waals surface area (Å²) >= 11 is 5.92. The number of anilines is 1. The number of rotatable bonds is 3. The summed E-state index contributed by atoms with van der Waals surface area (Å²) < 4.78 is 0. The lowest BCUT2D eigenvalue weighted by Crippen LogP contribution is -2.51. The van der Waals surface area contributed by atoms with Gasteiger partial charge in [0.15, 0.2) is 0 Å². The number of urea groups is 1. The molecule has 3 rings (SSSR count). The summed E-state index contributed by atoms with van der Waals surface area (Å²) in [5.74, 6) is -0.0201. The van der Waals surface area contributed by atoms with E-state index in [1.807, 2.05) is 31.3 Å². The lowest BCUT2D eigenvalue weighted by molar-refractivity contribution is -0.133. The maximum Gasteiger partial charge on any atom is 0.315 e. The smallest absolute Gasteiger partial charge is 0.315 e. The van der Waals surface area contributed by atoms with E-state index in [0.717, 1.165) is 36.6 Å². The number of nitrogens with one attached hydrogen (secondary N) is 2. The quantitative estimate of drug-likeness (QED) is 0.878. The highest BCUT2D eigenvalue weighted by Gasteiger charge is 2.33. The molecule has 0 aliphatic carbocycles. The average Bonchev–Trinajstić information content (AvgIpc) is 3.01. The van der Waals surface area contributed by atoms with Crippen LogP contribution in [0.25, 0.3) is 0 Å². The monoisotopic (exact) mass is 336 g/mol. The van der Waals surface area contributed by atoms with Gasteiger partial charge in [-0.05, 0) is 37.1 Å². The molecule has 2 heterocycles. The summed E-state index contributed by atoms with van der Waals surface area (Å²) in [7, 11) is 1.83. The molecule has 1 aromatic carbocycles. The largest absolute Gasteiger partial charge is 0.371 e. The van der Waals surface area contributed by atoms with Crippen LogP contribution >= 0.6 is 11.6 Å². The van der Waals surface area contributed by atoms with Crippen LogP contribution in [0.3, 0.4) is 0 Å². The predicted molar refractivity (Wildman–Crippen MR) is 89.8 cm³/mol. The van der Waals surface area contributed by atoms with Crippen molar-refractivity contribution in [1.29, 1.82) is 0 Å². The number of amides is 3. The van der Waals surface area contributed by atoms with E-state index in [1.165, 1.54) is 0 Å². The lowest BCUT2D eigenvalue weighted by atomic mass is 10.0. The molecule has 0 bridgehead atoms. The summed E-state index contributed by atoms with van der Waals surface area (Å²) in [6, 6.07) is 7.34. The first kappa shape index (κ1) is 15.9. The Morgan fingerprint density at radius 1 is 1.26 bits per heavy atom. The molecule has 7 heteroatoms. The van der Waals surface area contributed by atoms with Crippen LogP contribution in [0.4, 0.5) is 10.5 Å². The number of hydrogen-bond acceptors (Lipinski definition) is 3. The van der Waals surface area contributed by atoms with E-state index in [9.17, 15) is 9.59 Å². The van der Waals surface area contributed by atoms with Crippen LogP contribution in [-0.2, 0) is 4.79 Å². The molecule has 2 fully saturated rings. The molecule has 2 saturated heterocycles. The Labute approximate surface area is 140 Å². The van der Waals surface area contributed by atoms with Crippen molar-refractivity contribution in [2.45, 2.75) is 24.9 Å². The van der Waals surface area contributed by atoms with Crippen molar-refractivity contribution in [3.05, 3.63) is 29.3 Å². The van der Waals surface area contributed by atoms with E-state index in [2.05, 4.69) is 15.5 Å². The fourth-order valence-corrected chi connectivity index (χ4v) is 3.32. The first-order valence-corrected chi connectivity index (χ1v) is 8.24. The number of piperidine rings is 1. The van der Waals surface area contributed by atoms with Gasteiger partial charge in [-0.25, -0.2) is 4.79 Å². The number of benzene rings is 1. The maximum absolute atomic E-state index is 12.4. The number of halogens is 1. The molecule has 1 aromatic rings. The van der Waals surface area contributed by atoms with Gasteiger partial charge in [-0.3, -0.25) is 4.79 Å². The zero-order chi connectivity index (χ0) is 16.4. The summed E-state index contributed by atoms with van der Waals surface area (Å²) in [5.41, 5.74) is 1.16. The van der Waals surface area contributed by atoms with E-state index < -0.39 is 6.04 Å². The average molecular weight is 337 g/mol. The Morgan fingerprint density at radius 3 is 2.48 bits per heavy atom. The van der Waals surface area contributed by atoms with Crippen molar-refractivity contribution in [3.63, 3.8) is 0 Å². The molecule has 23 heavy (non-hydrogen) atoms. The molecular formula is C16H21ClN4O2. The normalized spacial score (nSPS) is 21.7. The second-order valence-electron chi connectivity index (χ2n) is 6.05. The molecule has 0 aromatic heterocycles. The standard InChI is InChI=1S/C16H21ClN4O2/c1-20(15(22)14-10-18-16(23)19-14)12-6-8-21(9-7-12)13-4-2-11(17)3-5-13/h2-5,12,14H,6-10H2,1H3,(H2,18,19,23)/t14-/m0/s1. The van der Waals surface area contributed by atoms with Gasteiger partial charge < -0.3 is 20.4 Å². The van der Waals surface area contributed by atoms with Crippen LogP contribution < -0.4 is 15.5 Å². The Bertz CT molecular complexity index is 584. The third-order valence-electron chi connectivity index (χ3n) is 4.62. The van der Waals surface area contributed by atoms with Crippen LogP contribution in [0.1, 0.15) is 12.8 Å². The van der Waals surface area contributed by atoms with Crippen molar-refractivity contribution in [1.82, 2.24) is 15.5 Å².